The molecule has 0 spiro atoms. The smallest absolute Gasteiger partial charge is 0.223 e. The summed E-state index contributed by atoms with van der Waals surface area (Å²) >= 11 is 0. The van der Waals surface area contributed by atoms with Gasteiger partial charge in [0.25, 0.3) is 0 Å². The second-order valence-corrected chi connectivity index (χ2v) is 5.30. The topological polar surface area (TPSA) is 75.4 Å². The summed E-state index contributed by atoms with van der Waals surface area (Å²) in [6, 6.07) is 7.46. The molecule has 2 atom stereocenters. The van der Waals surface area contributed by atoms with Gasteiger partial charge in [-0.15, -0.1) is 12.4 Å². The third-order valence-corrected chi connectivity index (χ3v) is 3.61. The molecule has 120 valence electrons. The number of amides is 2. The Balaban J connectivity index is 0.00000242. The summed E-state index contributed by atoms with van der Waals surface area (Å²) in [7, 11) is 0. The molecule has 0 bridgehead atoms. The van der Waals surface area contributed by atoms with Gasteiger partial charge >= 0.3 is 0 Å². The molecule has 0 fully saturated rings. The Bertz CT molecular complexity index is 574. The first-order valence-electron chi connectivity index (χ1n) is 7.08. The number of hydrogen-bond donors (Lipinski definition) is 2. The Labute approximate surface area is 137 Å². The van der Waals surface area contributed by atoms with Gasteiger partial charge in [0, 0.05) is 25.7 Å². The van der Waals surface area contributed by atoms with E-state index in [1.807, 2.05) is 37.3 Å². The van der Waals surface area contributed by atoms with Crippen molar-refractivity contribution in [3.8, 4) is 0 Å². The first-order chi connectivity index (χ1) is 10.0. The van der Waals surface area contributed by atoms with Crippen LogP contribution in [-0.2, 0) is 9.59 Å². The van der Waals surface area contributed by atoms with Crippen LogP contribution in [-0.4, -0.2) is 29.3 Å². The van der Waals surface area contributed by atoms with Crippen molar-refractivity contribution in [1.82, 2.24) is 10.2 Å². The van der Waals surface area contributed by atoms with E-state index in [0.717, 1.165) is 11.1 Å². The lowest BCUT2D eigenvalue weighted by Crippen LogP contribution is -2.40. The summed E-state index contributed by atoms with van der Waals surface area (Å²) in [6.07, 6.45) is 3.87. The SMILES string of the molecule is CC(=O)N1C=Cc2ccccc2C1CC(=O)N[C@@H](C)CN.Cl. The fourth-order valence-corrected chi connectivity index (χ4v) is 2.48. The second-order valence-electron chi connectivity index (χ2n) is 5.30. The maximum atomic E-state index is 12.1. The summed E-state index contributed by atoms with van der Waals surface area (Å²) in [4.78, 5) is 25.5. The molecule has 1 aromatic rings. The van der Waals surface area contributed by atoms with E-state index in [1.165, 1.54) is 6.92 Å². The third-order valence-electron chi connectivity index (χ3n) is 3.61. The lowest BCUT2D eigenvalue weighted by molar-refractivity contribution is -0.130. The maximum absolute atomic E-state index is 12.1. The fraction of sp³-hybridized carbons (Fsp3) is 0.375. The number of hydrogen-bond acceptors (Lipinski definition) is 3. The third kappa shape index (κ3) is 4.08. The van der Waals surface area contributed by atoms with Crippen LogP contribution in [0, 0.1) is 0 Å². The zero-order valence-electron chi connectivity index (χ0n) is 12.8. The lowest BCUT2D eigenvalue weighted by atomic mass is 9.93. The molecule has 5 nitrogen and oxygen atoms in total. The number of nitrogens with one attached hydrogen (secondary N) is 1. The van der Waals surface area contributed by atoms with Gasteiger partial charge in [0.1, 0.15) is 0 Å². The summed E-state index contributed by atoms with van der Waals surface area (Å²) in [6.45, 7) is 3.75. The molecule has 0 radical (unpaired) electrons. The molecule has 2 amide bonds. The van der Waals surface area contributed by atoms with Crippen LogP contribution in [0.2, 0.25) is 0 Å². The highest BCUT2D eigenvalue weighted by atomic mass is 35.5. The van der Waals surface area contributed by atoms with Gasteiger partial charge < -0.3 is 16.0 Å². The Morgan fingerprint density at radius 2 is 2.05 bits per heavy atom. The van der Waals surface area contributed by atoms with E-state index in [2.05, 4.69) is 5.32 Å². The minimum absolute atomic E-state index is 0. The number of benzene rings is 1. The van der Waals surface area contributed by atoms with Crippen LogP contribution in [0.5, 0.6) is 0 Å². The van der Waals surface area contributed by atoms with E-state index in [0.29, 0.717) is 6.54 Å². The van der Waals surface area contributed by atoms with Crippen LogP contribution in [0.3, 0.4) is 0 Å². The van der Waals surface area contributed by atoms with E-state index < -0.39 is 0 Å². The molecule has 0 saturated heterocycles. The van der Waals surface area contributed by atoms with Gasteiger partial charge in [0.15, 0.2) is 0 Å². The first-order valence-corrected chi connectivity index (χ1v) is 7.08. The largest absolute Gasteiger partial charge is 0.352 e. The Morgan fingerprint density at radius 3 is 2.68 bits per heavy atom. The van der Waals surface area contributed by atoms with Crippen LogP contribution in [0.25, 0.3) is 6.08 Å². The number of nitrogens with two attached hydrogens (primary N) is 1. The number of rotatable bonds is 4. The molecule has 1 unspecified atom stereocenters. The van der Waals surface area contributed by atoms with E-state index in [9.17, 15) is 9.59 Å². The van der Waals surface area contributed by atoms with Gasteiger partial charge in [-0.2, -0.15) is 0 Å². The minimum atomic E-state index is -0.270. The molecule has 1 aliphatic rings. The lowest BCUT2D eigenvalue weighted by Gasteiger charge is -2.32. The molecule has 3 N–H and O–H groups in total. The van der Waals surface area contributed by atoms with Crippen molar-refractivity contribution in [3.05, 3.63) is 41.6 Å². The molecule has 1 heterocycles. The van der Waals surface area contributed by atoms with Crippen LogP contribution in [0.4, 0.5) is 0 Å². The predicted molar refractivity (Wildman–Crippen MR) is 89.3 cm³/mol. The van der Waals surface area contributed by atoms with Gasteiger partial charge in [0.2, 0.25) is 11.8 Å². The minimum Gasteiger partial charge on any atom is -0.352 e. The monoisotopic (exact) mass is 323 g/mol. The van der Waals surface area contributed by atoms with E-state index >= 15 is 0 Å². The molecule has 1 aliphatic heterocycles. The Morgan fingerprint density at radius 1 is 1.36 bits per heavy atom. The molecule has 2 rings (SSSR count). The number of halogens is 1. The highest BCUT2D eigenvalue weighted by molar-refractivity contribution is 5.85. The van der Waals surface area contributed by atoms with Gasteiger partial charge in [-0.05, 0) is 24.1 Å². The van der Waals surface area contributed by atoms with Crippen LogP contribution >= 0.6 is 12.4 Å². The van der Waals surface area contributed by atoms with Crippen molar-refractivity contribution in [2.75, 3.05) is 6.54 Å². The highest BCUT2D eigenvalue weighted by Gasteiger charge is 2.28. The maximum Gasteiger partial charge on any atom is 0.223 e. The van der Waals surface area contributed by atoms with Crippen LogP contribution in [0.1, 0.15) is 37.4 Å². The number of nitrogens with zero attached hydrogens (tertiary/aromatic N) is 1. The number of fused-ring (bicyclic) bond motifs is 1. The highest BCUT2D eigenvalue weighted by Crippen LogP contribution is 2.32. The quantitative estimate of drug-likeness (QED) is 0.887. The van der Waals surface area contributed by atoms with E-state index in [1.54, 1.807) is 11.1 Å². The van der Waals surface area contributed by atoms with Crippen LogP contribution < -0.4 is 11.1 Å². The van der Waals surface area contributed by atoms with Crippen molar-refractivity contribution in [2.45, 2.75) is 32.4 Å². The van der Waals surface area contributed by atoms with E-state index in [-0.39, 0.29) is 42.7 Å². The fourth-order valence-electron chi connectivity index (χ4n) is 2.48. The van der Waals surface area contributed by atoms with Gasteiger partial charge in [0.05, 0.1) is 12.5 Å². The molecule has 0 aliphatic carbocycles. The molecule has 0 saturated carbocycles. The van der Waals surface area contributed by atoms with Crippen molar-refractivity contribution >= 4 is 30.3 Å². The normalized spacial score (nSPS) is 17.2. The molecule has 22 heavy (non-hydrogen) atoms. The molecule has 1 aromatic carbocycles. The van der Waals surface area contributed by atoms with Crippen molar-refractivity contribution in [1.29, 1.82) is 0 Å². The Kier molecular flexibility index (Phi) is 6.59. The average molecular weight is 324 g/mol. The summed E-state index contributed by atoms with van der Waals surface area (Å²) in [5.41, 5.74) is 7.55. The zero-order chi connectivity index (χ0) is 15.4. The summed E-state index contributed by atoms with van der Waals surface area (Å²) in [5.74, 6) is -0.181. The van der Waals surface area contributed by atoms with Crippen molar-refractivity contribution < 1.29 is 9.59 Å². The Hall–Kier alpha value is -1.85. The molecular weight excluding hydrogens is 302 g/mol. The van der Waals surface area contributed by atoms with Gasteiger partial charge in [-0.1, -0.05) is 24.3 Å². The number of carbonyl (C=O) groups excluding carboxylic acids is 2. The first kappa shape index (κ1) is 18.2. The van der Waals surface area contributed by atoms with Crippen molar-refractivity contribution in [2.24, 2.45) is 5.73 Å². The summed E-state index contributed by atoms with van der Waals surface area (Å²) in [5, 5.41) is 2.84. The summed E-state index contributed by atoms with van der Waals surface area (Å²) < 4.78 is 0. The molecule has 0 aromatic heterocycles. The average Bonchev–Trinajstić information content (AvgIpc) is 2.47. The standard InChI is InChI=1S/C16H21N3O2.ClH/c1-11(10-17)18-16(21)9-15-14-6-4-3-5-13(14)7-8-19(15)12(2)20;/h3-8,11,15H,9-10,17H2,1-2H3,(H,18,21);1H/t11-,15?;/m0./s1. The zero-order valence-corrected chi connectivity index (χ0v) is 13.6. The van der Waals surface area contributed by atoms with Gasteiger partial charge in [-0.3, -0.25) is 9.59 Å². The van der Waals surface area contributed by atoms with Gasteiger partial charge in [-0.25, -0.2) is 0 Å². The second kappa shape index (κ2) is 7.96. The van der Waals surface area contributed by atoms with E-state index in [4.69, 9.17) is 5.73 Å². The number of carbonyl (C=O) groups is 2. The molecular formula is C16H22ClN3O2. The molecule has 6 heteroatoms. The van der Waals surface area contributed by atoms with Crippen LogP contribution in [0.15, 0.2) is 30.5 Å². The predicted octanol–water partition coefficient (Wildman–Crippen LogP) is 1.84. The van der Waals surface area contributed by atoms with Crippen molar-refractivity contribution in [3.63, 3.8) is 0 Å².